The third-order valence-corrected chi connectivity index (χ3v) is 10.3. The zero-order valence-corrected chi connectivity index (χ0v) is 39.6. The van der Waals surface area contributed by atoms with Gasteiger partial charge in [-0.3, -0.25) is 38.6 Å². The Morgan fingerprint density at radius 3 is 1.95 bits per heavy atom. The smallest absolute Gasteiger partial charge is 0.410 e. The number of nitrogens with zero attached hydrogens (tertiary/aromatic N) is 4. The molecule has 0 radical (unpaired) electrons. The van der Waals surface area contributed by atoms with E-state index < -0.39 is 94.1 Å². The number of para-hydroxylation sites is 1. The Kier molecular flexibility index (Phi) is 16.3. The lowest BCUT2D eigenvalue weighted by Gasteiger charge is -2.41. The lowest BCUT2D eigenvalue weighted by molar-refractivity contribution is -0.159. The van der Waals surface area contributed by atoms with Gasteiger partial charge in [0.1, 0.15) is 29.3 Å². The first-order chi connectivity index (χ1) is 28.8. The van der Waals surface area contributed by atoms with E-state index in [-0.39, 0.29) is 25.2 Å². The maximum absolute atomic E-state index is 14.7. The summed E-state index contributed by atoms with van der Waals surface area (Å²) >= 11 is 0. The second-order valence-corrected chi connectivity index (χ2v) is 19.6. The van der Waals surface area contributed by atoms with Crippen LogP contribution < -0.4 is 16.0 Å². The summed E-state index contributed by atoms with van der Waals surface area (Å²) in [4.78, 5) is 109. The topological polar surface area (TPSA) is 206 Å². The molecule has 3 atom stereocenters. The summed E-state index contributed by atoms with van der Waals surface area (Å²) in [5.74, 6) is -4.27. The van der Waals surface area contributed by atoms with Gasteiger partial charge in [-0.15, -0.1) is 0 Å². The van der Waals surface area contributed by atoms with Crippen molar-refractivity contribution in [1.82, 2.24) is 35.2 Å². The molecule has 0 saturated carbocycles. The van der Waals surface area contributed by atoms with Gasteiger partial charge in [0.05, 0.1) is 6.42 Å². The predicted molar refractivity (Wildman–Crippen MR) is 238 cm³/mol. The Balaban J connectivity index is 1.83. The first-order valence-electron chi connectivity index (χ1n) is 20.9. The van der Waals surface area contributed by atoms with Gasteiger partial charge >= 0.3 is 12.1 Å². The summed E-state index contributed by atoms with van der Waals surface area (Å²) < 4.78 is 13.2. The average Bonchev–Trinajstić information content (AvgIpc) is 3.67. The van der Waals surface area contributed by atoms with Crippen molar-refractivity contribution in [2.75, 3.05) is 33.7 Å². The molecule has 1 unspecified atom stereocenters. The molecule has 63 heavy (non-hydrogen) atoms. The highest BCUT2D eigenvalue weighted by atomic mass is 16.6. The molecule has 7 amide bonds. The maximum Gasteiger partial charge on any atom is 0.410 e. The molecule has 0 saturated heterocycles. The Hall–Kier alpha value is -6.00. The van der Waals surface area contributed by atoms with Crippen molar-refractivity contribution < 1.29 is 47.8 Å². The molecule has 17 nitrogen and oxygen atoms in total. The van der Waals surface area contributed by atoms with Gasteiger partial charge in [-0.2, -0.15) is 0 Å². The number of rotatable bonds is 16. The third-order valence-electron chi connectivity index (χ3n) is 10.3. The summed E-state index contributed by atoms with van der Waals surface area (Å²) in [5, 5.41) is 8.98. The number of esters is 1. The van der Waals surface area contributed by atoms with E-state index in [0.717, 1.165) is 33.5 Å². The molecule has 346 valence electrons. The van der Waals surface area contributed by atoms with Crippen molar-refractivity contribution >= 4 is 58.4 Å². The molecular formula is C46H67N7O10. The van der Waals surface area contributed by atoms with Crippen LogP contribution in [0.3, 0.4) is 0 Å². The van der Waals surface area contributed by atoms with E-state index in [1.807, 2.05) is 55.9 Å². The van der Waals surface area contributed by atoms with Gasteiger partial charge in [-0.05, 0) is 65.5 Å². The normalized spacial score (nSPS) is 15.1. The van der Waals surface area contributed by atoms with Crippen LogP contribution in [0.15, 0.2) is 54.3 Å². The van der Waals surface area contributed by atoms with Gasteiger partial charge in [0, 0.05) is 81.0 Å². The monoisotopic (exact) mass is 877 g/mol. The average molecular weight is 878 g/mol. The minimum atomic E-state index is -1.40. The summed E-state index contributed by atoms with van der Waals surface area (Å²) in [5.41, 5.74) is -1.76. The van der Waals surface area contributed by atoms with Crippen LogP contribution in [0.2, 0.25) is 0 Å². The van der Waals surface area contributed by atoms with Crippen molar-refractivity contribution in [2.45, 2.75) is 124 Å². The molecule has 1 aliphatic rings. The van der Waals surface area contributed by atoms with E-state index >= 15 is 0 Å². The minimum absolute atomic E-state index is 0.0780. The van der Waals surface area contributed by atoms with Crippen molar-refractivity contribution in [2.24, 2.45) is 12.5 Å². The highest BCUT2D eigenvalue weighted by Crippen LogP contribution is 2.37. The van der Waals surface area contributed by atoms with Crippen molar-refractivity contribution in [1.29, 1.82) is 0 Å². The van der Waals surface area contributed by atoms with Gasteiger partial charge in [-0.1, -0.05) is 58.9 Å². The van der Waals surface area contributed by atoms with Gasteiger partial charge in [-0.25, -0.2) is 9.59 Å². The van der Waals surface area contributed by atoms with E-state index in [1.54, 1.807) is 62.3 Å². The lowest BCUT2D eigenvalue weighted by atomic mass is 9.76. The van der Waals surface area contributed by atoms with Gasteiger partial charge in [0.2, 0.25) is 23.6 Å². The Labute approximate surface area is 370 Å². The molecule has 3 N–H and O–H groups in total. The lowest BCUT2D eigenvalue weighted by Crippen LogP contribution is -2.62. The SMILES string of the molecule is C/C(=C\CN(C)C(=O)C(NC(=O)[C@@H](N(C)C(=O)OC(C)(C)C)C(C)(C)c1cn(C)c2ccccc12)C(C)(C)C)C(=O)N[C@H](CC(=O)NCCN1C(=O)C=CC1=O)C(=O)OC(C)(C)C. The van der Waals surface area contributed by atoms with E-state index in [9.17, 15) is 38.4 Å². The zero-order chi connectivity index (χ0) is 48.0. The number of ether oxygens (including phenoxy) is 2. The molecule has 0 aliphatic carbocycles. The van der Waals surface area contributed by atoms with Gasteiger partial charge in [0.15, 0.2) is 0 Å². The third kappa shape index (κ3) is 13.7. The van der Waals surface area contributed by atoms with Gasteiger partial charge in [0.25, 0.3) is 11.8 Å². The molecule has 2 heterocycles. The number of aryl methyl sites for hydroxylation is 1. The Bertz CT molecular complexity index is 2130. The molecule has 1 aromatic heterocycles. The zero-order valence-electron chi connectivity index (χ0n) is 39.6. The maximum atomic E-state index is 14.7. The Morgan fingerprint density at radius 1 is 0.825 bits per heavy atom. The molecule has 1 aliphatic heterocycles. The Morgan fingerprint density at radius 2 is 1.40 bits per heavy atom. The van der Waals surface area contributed by atoms with Crippen LogP contribution in [0.1, 0.15) is 95.1 Å². The van der Waals surface area contributed by atoms with Crippen LogP contribution in [0.5, 0.6) is 0 Å². The van der Waals surface area contributed by atoms with E-state index in [0.29, 0.717) is 0 Å². The van der Waals surface area contributed by atoms with E-state index in [2.05, 4.69) is 16.0 Å². The number of nitrogens with one attached hydrogen (secondary N) is 3. The standard InChI is InChI=1S/C46H67N7O10/c1-28(38(57)48-31(41(60)62-44(5,6)7)26-33(54)47-23-25-53-34(55)20-21-35(53)56)22-24-50(13)40(59)36(43(2,3)4)49-39(58)37(52(15)42(61)63-45(8,9)10)46(11,12)30-27-51(14)32-19-17-16-18-29(30)32/h16-22,27,31,36-37H,23-26H2,1-15H3,(H,47,54)(H,48,57)(H,49,58)/b28-22+/t31-,36?,37-/m1/s1. The summed E-state index contributed by atoms with van der Waals surface area (Å²) in [7, 11) is 4.93. The quantitative estimate of drug-likeness (QED) is 0.126. The molecule has 2 aromatic rings. The number of imide groups is 1. The number of likely N-dealkylation sites (N-methyl/N-ethyl adjacent to an activating group) is 2. The van der Waals surface area contributed by atoms with Crippen molar-refractivity contribution in [3.05, 3.63) is 59.8 Å². The highest BCUT2D eigenvalue weighted by Gasteiger charge is 2.46. The molecule has 1 aromatic carbocycles. The first-order valence-corrected chi connectivity index (χ1v) is 20.9. The fraction of sp³-hybridized carbons (Fsp3) is 0.565. The van der Waals surface area contributed by atoms with Crippen LogP contribution in [0, 0.1) is 5.41 Å². The fourth-order valence-corrected chi connectivity index (χ4v) is 7.03. The highest BCUT2D eigenvalue weighted by molar-refractivity contribution is 6.12. The van der Waals surface area contributed by atoms with Crippen molar-refractivity contribution in [3.63, 3.8) is 0 Å². The number of hydrogen-bond donors (Lipinski definition) is 3. The van der Waals surface area contributed by atoms with E-state index in [4.69, 9.17) is 9.47 Å². The molecule has 0 fully saturated rings. The first kappa shape index (κ1) is 51.4. The van der Waals surface area contributed by atoms with Crippen molar-refractivity contribution in [3.8, 4) is 0 Å². The van der Waals surface area contributed by atoms with E-state index in [1.165, 1.54) is 36.9 Å². The van der Waals surface area contributed by atoms with Crippen LogP contribution >= 0.6 is 0 Å². The largest absolute Gasteiger partial charge is 0.458 e. The van der Waals surface area contributed by atoms with Crippen LogP contribution in [-0.2, 0) is 55.5 Å². The predicted octanol–water partition coefficient (Wildman–Crippen LogP) is 3.88. The molecule has 3 rings (SSSR count). The number of amides is 7. The van der Waals surface area contributed by atoms with Gasteiger partial charge < -0.3 is 34.9 Å². The summed E-state index contributed by atoms with van der Waals surface area (Å²) in [6.07, 6.45) is 4.45. The summed E-state index contributed by atoms with van der Waals surface area (Å²) in [6.45, 7) is 20.5. The molecule has 0 bridgehead atoms. The molecule has 17 heteroatoms. The number of benzene rings is 1. The molecule has 0 spiro atoms. The number of carbonyl (C=O) groups excluding carboxylic acids is 8. The van der Waals surface area contributed by atoms with Crippen LogP contribution in [-0.4, -0.2) is 130 Å². The van der Waals surface area contributed by atoms with Crippen LogP contribution in [0.25, 0.3) is 10.9 Å². The number of carbonyl (C=O) groups is 8. The number of aromatic nitrogens is 1. The second kappa shape index (κ2) is 20.0. The fourth-order valence-electron chi connectivity index (χ4n) is 7.03. The number of fused-ring (bicyclic) bond motifs is 1. The molecular weight excluding hydrogens is 811 g/mol. The second-order valence-electron chi connectivity index (χ2n) is 19.6. The van der Waals surface area contributed by atoms with Crippen LogP contribution in [0.4, 0.5) is 4.79 Å². The number of hydrogen-bond acceptors (Lipinski definition) is 10. The summed E-state index contributed by atoms with van der Waals surface area (Å²) in [6, 6.07) is 4.11. The minimum Gasteiger partial charge on any atom is -0.458 e.